The fraction of sp³-hybridized carbons (Fsp3) is 0.707. The van der Waals surface area contributed by atoms with E-state index in [1.165, 1.54) is 19.3 Å². The highest BCUT2D eigenvalue weighted by Gasteiger charge is 2.46. The molecule has 0 bridgehead atoms. The van der Waals surface area contributed by atoms with Crippen LogP contribution >= 0.6 is 0 Å². The van der Waals surface area contributed by atoms with Crippen LogP contribution in [0.1, 0.15) is 120 Å². The quantitative estimate of drug-likeness (QED) is 0.227. The number of carbonyl (C=O) groups is 4. The van der Waals surface area contributed by atoms with Crippen molar-refractivity contribution in [3.63, 3.8) is 0 Å². The molecule has 1 unspecified atom stereocenters. The van der Waals surface area contributed by atoms with Gasteiger partial charge in [-0.3, -0.25) is 18.8 Å². The number of nitrogens with zero attached hydrogens (tertiary/aromatic N) is 1. The summed E-state index contributed by atoms with van der Waals surface area (Å²) in [6.45, 7) is 6.39. The van der Waals surface area contributed by atoms with Crippen molar-refractivity contribution in [1.82, 2.24) is 9.88 Å². The maximum Gasteiger partial charge on any atom is 0.354 e. The average Bonchev–Trinajstić information content (AvgIpc) is 3.89. The Labute approximate surface area is 301 Å². The van der Waals surface area contributed by atoms with Gasteiger partial charge in [-0.2, -0.15) is 0 Å². The number of rotatable bonds is 12. The Hall–Kier alpha value is -3.27. The molecule has 1 amide bonds. The highest BCUT2D eigenvalue weighted by molar-refractivity contribution is 5.96. The minimum atomic E-state index is -0.611. The number of likely N-dealkylation sites (tertiary alicyclic amines) is 1. The summed E-state index contributed by atoms with van der Waals surface area (Å²) in [5, 5.41) is 0.836. The van der Waals surface area contributed by atoms with E-state index >= 15 is 0 Å². The van der Waals surface area contributed by atoms with Gasteiger partial charge in [0.05, 0.1) is 25.2 Å². The summed E-state index contributed by atoms with van der Waals surface area (Å²) in [5.41, 5.74) is 1.41. The monoisotopic (exact) mass is 708 g/mol. The van der Waals surface area contributed by atoms with Gasteiger partial charge in [-0.25, -0.2) is 4.79 Å². The number of carbonyl (C=O) groups excluding carboxylic acids is 4. The van der Waals surface area contributed by atoms with E-state index in [1.54, 1.807) is 6.07 Å². The zero-order chi connectivity index (χ0) is 36.1. The molecule has 2 aliphatic heterocycles. The fourth-order valence-electron chi connectivity index (χ4n) is 9.28. The van der Waals surface area contributed by atoms with Crippen LogP contribution in [0.2, 0.25) is 0 Å². The van der Waals surface area contributed by atoms with Crippen molar-refractivity contribution in [2.24, 2.45) is 29.6 Å². The van der Waals surface area contributed by atoms with Crippen molar-refractivity contribution in [3.05, 3.63) is 35.5 Å². The number of hydrogen-bond donors (Lipinski definition) is 1. The molecule has 2 aliphatic carbocycles. The first-order valence-corrected chi connectivity index (χ1v) is 19.5. The van der Waals surface area contributed by atoms with Crippen LogP contribution in [-0.2, 0) is 35.0 Å². The first-order valence-electron chi connectivity index (χ1n) is 19.5. The van der Waals surface area contributed by atoms with Gasteiger partial charge in [0.15, 0.2) is 5.78 Å². The van der Waals surface area contributed by atoms with Gasteiger partial charge in [-0.15, -0.1) is 0 Å². The Kier molecular flexibility index (Phi) is 12.2. The van der Waals surface area contributed by atoms with Crippen LogP contribution in [0.5, 0.6) is 0 Å². The van der Waals surface area contributed by atoms with Gasteiger partial charge in [0.1, 0.15) is 17.9 Å². The molecule has 2 saturated carbocycles. The van der Waals surface area contributed by atoms with Crippen molar-refractivity contribution >= 4 is 34.5 Å². The maximum atomic E-state index is 14.3. The van der Waals surface area contributed by atoms with Crippen molar-refractivity contribution < 1.29 is 37.8 Å². The molecule has 4 atom stereocenters. The number of hydrogen-bond acceptors (Lipinski definition) is 7. The first kappa shape index (κ1) is 37.5. The van der Waals surface area contributed by atoms with Crippen molar-refractivity contribution in [2.75, 3.05) is 26.4 Å². The molecule has 10 heteroatoms. The van der Waals surface area contributed by atoms with Crippen LogP contribution < -0.4 is 0 Å². The molecule has 2 saturated heterocycles. The number of alkyl halides is 1. The largest absolute Gasteiger partial charge is 0.460 e. The Balaban J connectivity index is 1.11. The second-order valence-electron chi connectivity index (χ2n) is 16.6. The number of amides is 1. The predicted octanol–water partition coefficient (Wildman–Crippen LogP) is 7.54. The minimum Gasteiger partial charge on any atom is -0.460 e. The molecule has 6 rings (SSSR count). The minimum absolute atomic E-state index is 0.0320. The number of benzene rings is 1. The molecule has 280 valence electrons. The van der Waals surface area contributed by atoms with Gasteiger partial charge in [0.25, 0.3) is 0 Å². The molecule has 9 nitrogen and oxygen atoms in total. The maximum absolute atomic E-state index is 14.3. The van der Waals surface area contributed by atoms with E-state index in [0.29, 0.717) is 50.4 Å². The van der Waals surface area contributed by atoms with E-state index in [4.69, 9.17) is 14.2 Å². The van der Waals surface area contributed by atoms with Crippen LogP contribution in [0.4, 0.5) is 4.39 Å². The van der Waals surface area contributed by atoms with Crippen molar-refractivity contribution in [3.8, 4) is 0 Å². The summed E-state index contributed by atoms with van der Waals surface area (Å²) in [5.74, 6) is -0.640. The lowest BCUT2D eigenvalue weighted by Crippen LogP contribution is -2.48. The van der Waals surface area contributed by atoms with Crippen LogP contribution in [-0.4, -0.2) is 77.7 Å². The Morgan fingerprint density at radius 2 is 1.73 bits per heavy atom. The normalized spacial score (nSPS) is 26.7. The van der Waals surface area contributed by atoms with E-state index in [2.05, 4.69) is 4.98 Å². The molecular formula is C41H57FN2O7. The average molecular weight is 709 g/mol. The van der Waals surface area contributed by atoms with Gasteiger partial charge in [0.2, 0.25) is 5.91 Å². The van der Waals surface area contributed by atoms with E-state index in [1.807, 2.05) is 43.9 Å². The second kappa shape index (κ2) is 16.6. The van der Waals surface area contributed by atoms with Crippen molar-refractivity contribution in [2.45, 2.75) is 128 Å². The second-order valence-corrected chi connectivity index (χ2v) is 16.6. The number of esters is 2. The van der Waals surface area contributed by atoms with Gasteiger partial charge in [0, 0.05) is 42.3 Å². The van der Waals surface area contributed by atoms with Gasteiger partial charge in [-0.1, -0.05) is 38.2 Å². The van der Waals surface area contributed by atoms with Crippen LogP contribution in [0, 0.1) is 29.6 Å². The molecular weight excluding hydrogens is 651 g/mol. The smallest absolute Gasteiger partial charge is 0.354 e. The number of nitrogens with one attached hydrogen (secondary N) is 1. The van der Waals surface area contributed by atoms with Crippen LogP contribution in [0.25, 0.3) is 10.9 Å². The zero-order valence-electron chi connectivity index (χ0n) is 30.8. The van der Waals surface area contributed by atoms with Crippen molar-refractivity contribution in [1.29, 1.82) is 0 Å². The van der Waals surface area contributed by atoms with E-state index < -0.39 is 30.2 Å². The fourth-order valence-corrected chi connectivity index (χ4v) is 9.28. The summed E-state index contributed by atoms with van der Waals surface area (Å²) in [6.07, 6.45) is 11.4. The molecule has 51 heavy (non-hydrogen) atoms. The molecule has 4 aliphatic rings. The number of halogens is 1. The topological polar surface area (TPSA) is 115 Å². The lowest BCUT2D eigenvalue weighted by molar-refractivity contribution is -0.157. The first-order chi connectivity index (χ1) is 24.5. The Bertz CT molecular complexity index is 1530. The third-order valence-electron chi connectivity index (χ3n) is 11.9. The molecule has 3 heterocycles. The molecule has 1 N–H and O–H groups in total. The number of aromatic nitrogens is 1. The zero-order valence-corrected chi connectivity index (χ0v) is 30.8. The predicted molar refractivity (Wildman–Crippen MR) is 192 cm³/mol. The number of ketones is 1. The number of Topliss-reactive ketones (excluding diaryl/α,β-unsaturated/α-hetero) is 1. The van der Waals surface area contributed by atoms with Gasteiger partial charge < -0.3 is 24.1 Å². The molecule has 0 spiro atoms. The molecule has 0 radical (unpaired) electrons. The summed E-state index contributed by atoms with van der Waals surface area (Å²) in [7, 11) is 0. The molecule has 2 aromatic rings. The molecule has 4 fully saturated rings. The summed E-state index contributed by atoms with van der Waals surface area (Å²) in [6, 6.07) is 7.10. The number of H-pyrrole nitrogens is 1. The highest BCUT2D eigenvalue weighted by atomic mass is 19.1. The molecule has 1 aromatic heterocycles. The highest BCUT2D eigenvalue weighted by Crippen LogP contribution is 2.42. The molecule has 1 aromatic carbocycles. The summed E-state index contributed by atoms with van der Waals surface area (Å²) >= 11 is 0. The van der Waals surface area contributed by atoms with Crippen LogP contribution in [0.3, 0.4) is 0 Å². The van der Waals surface area contributed by atoms with E-state index in [9.17, 15) is 23.6 Å². The van der Waals surface area contributed by atoms with Crippen LogP contribution in [0.15, 0.2) is 24.3 Å². The number of fused-ring (bicyclic) bond motifs is 1. The third kappa shape index (κ3) is 9.40. The summed E-state index contributed by atoms with van der Waals surface area (Å²) < 4.78 is 30.6. The number of ether oxygens (including phenoxy) is 3. The van der Waals surface area contributed by atoms with E-state index in [-0.39, 0.29) is 61.0 Å². The standard InChI is InChI=1S/C41H57FN2O7/c1-41(2,3)51-37(46)23-31(24-42)27-12-14-29(15-13-27)39(47)44-18-17-33(28-8-5-4-6-9-28)38(44)36(45)21-26-11-16-34-30(20-26)22-35(43-34)40(48)50-25-32-10-7-19-49-32/h11,16,20,22,27-29,31-33,38,43H,4-10,12-15,17-19,21,23-25H2,1-3H3/t27?,29?,31-,32?,33+,38+/m1/s1. The summed E-state index contributed by atoms with van der Waals surface area (Å²) in [4.78, 5) is 58.8. The lowest BCUT2D eigenvalue weighted by atomic mass is 9.74. The lowest BCUT2D eigenvalue weighted by Gasteiger charge is -2.37. The number of aromatic amines is 1. The Morgan fingerprint density at radius 3 is 2.41 bits per heavy atom. The van der Waals surface area contributed by atoms with E-state index in [0.717, 1.165) is 48.6 Å². The van der Waals surface area contributed by atoms with Gasteiger partial charge >= 0.3 is 11.9 Å². The third-order valence-corrected chi connectivity index (χ3v) is 11.9. The van der Waals surface area contributed by atoms with Gasteiger partial charge in [-0.05, 0) is 107 Å². The SMILES string of the molecule is CC(C)(C)OC(=O)C[C@H](CF)C1CCC(C(=O)N2CC[C@@H](C3CCCCC3)[C@H]2C(=O)Cc2ccc3[nH]c(C(=O)OCC4CCCO4)cc3c2)CC1. The Morgan fingerprint density at radius 1 is 0.961 bits per heavy atom.